The highest BCUT2D eigenvalue weighted by molar-refractivity contribution is 5.16. The number of aryl methyl sites for hydroxylation is 1. The van der Waals surface area contributed by atoms with E-state index in [2.05, 4.69) is 36.8 Å². The Morgan fingerprint density at radius 2 is 1.93 bits per heavy atom. The minimum Gasteiger partial charge on any atom is -0.302 e. The molecule has 0 spiro atoms. The van der Waals surface area contributed by atoms with Gasteiger partial charge in [-0.05, 0) is 31.6 Å². The SMILES string of the molecule is CC.CCN(C)Cc1cncc(C)c1. The summed E-state index contributed by atoms with van der Waals surface area (Å²) in [5.41, 5.74) is 2.52. The summed E-state index contributed by atoms with van der Waals surface area (Å²) in [6.45, 7) is 10.3. The van der Waals surface area contributed by atoms with Crippen LogP contribution < -0.4 is 0 Å². The molecule has 0 fully saturated rings. The summed E-state index contributed by atoms with van der Waals surface area (Å²) in [4.78, 5) is 6.41. The molecule has 0 radical (unpaired) electrons. The topological polar surface area (TPSA) is 16.1 Å². The van der Waals surface area contributed by atoms with Crippen molar-refractivity contribution in [3.05, 3.63) is 29.6 Å². The maximum Gasteiger partial charge on any atom is 0.0313 e. The van der Waals surface area contributed by atoms with Crippen LogP contribution in [0.3, 0.4) is 0 Å². The third-order valence-corrected chi connectivity index (χ3v) is 1.92. The van der Waals surface area contributed by atoms with Crippen LogP contribution in [-0.4, -0.2) is 23.5 Å². The van der Waals surface area contributed by atoms with Gasteiger partial charge in [0.25, 0.3) is 0 Å². The largest absolute Gasteiger partial charge is 0.302 e. The maximum absolute atomic E-state index is 4.14. The first-order valence-electron chi connectivity index (χ1n) is 5.31. The first kappa shape index (κ1) is 13.1. The van der Waals surface area contributed by atoms with Crippen LogP contribution in [-0.2, 0) is 6.54 Å². The second kappa shape index (κ2) is 7.51. The van der Waals surface area contributed by atoms with Gasteiger partial charge < -0.3 is 4.90 Å². The zero-order chi connectivity index (χ0) is 11.0. The van der Waals surface area contributed by atoms with Crippen molar-refractivity contribution in [2.75, 3.05) is 13.6 Å². The number of aromatic nitrogens is 1. The van der Waals surface area contributed by atoms with Crippen LogP contribution in [0.15, 0.2) is 18.5 Å². The van der Waals surface area contributed by atoms with Gasteiger partial charge in [0.1, 0.15) is 0 Å². The molecule has 0 aliphatic rings. The Bertz CT molecular complexity index is 246. The molecule has 0 aromatic carbocycles. The van der Waals surface area contributed by atoms with E-state index >= 15 is 0 Å². The molecule has 1 heterocycles. The number of rotatable bonds is 3. The Hall–Kier alpha value is -0.890. The van der Waals surface area contributed by atoms with Gasteiger partial charge in [0.15, 0.2) is 0 Å². The second-order valence-electron chi connectivity index (χ2n) is 3.20. The van der Waals surface area contributed by atoms with E-state index in [4.69, 9.17) is 0 Å². The minimum atomic E-state index is 0.991. The molecule has 0 atom stereocenters. The molecule has 2 heteroatoms. The Labute approximate surface area is 88.0 Å². The fraction of sp³-hybridized carbons (Fsp3) is 0.583. The predicted molar refractivity (Wildman–Crippen MR) is 62.3 cm³/mol. The molecule has 0 aliphatic carbocycles. The fourth-order valence-corrected chi connectivity index (χ4v) is 1.13. The van der Waals surface area contributed by atoms with Gasteiger partial charge in [-0.15, -0.1) is 0 Å². The average molecular weight is 194 g/mol. The van der Waals surface area contributed by atoms with E-state index in [1.807, 2.05) is 26.2 Å². The van der Waals surface area contributed by atoms with Gasteiger partial charge in [-0.1, -0.05) is 26.8 Å². The molecule has 0 bridgehead atoms. The van der Waals surface area contributed by atoms with Gasteiger partial charge in [0.2, 0.25) is 0 Å². The monoisotopic (exact) mass is 194 g/mol. The maximum atomic E-state index is 4.14. The third-order valence-electron chi connectivity index (χ3n) is 1.92. The van der Waals surface area contributed by atoms with Gasteiger partial charge in [-0.3, -0.25) is 4.98 Å². The summed E-state index contributed by atoms with van der Waals surface area (Å²) >= 11 is 0. The smallest absolute Gasteiger partial charge is 0.0313 e. The van der Waals surface area contributed by atoms with Gasteiger partial charge in [0, 0.05) is 18.9 Å². The van der Waals surface area contributed by atoms with Crippen LogP contribution in [0.2, 0.25) is 0 Å². The first-order chi connectivity index (χ1) is 6.72. The van der Waals surface area contributed by atoms with Gasteiger partial charge in [0.05, 0.1) is 0 Å². The summed E-state index contributed by atoms with van der Waals surface area (Å²) in [6, 6.07) is 2.18. The van der Waals surface area contributed by atoms with Crippen molar-refractivity contribution in [2.24, 2.45) is 0 Å². The number of pyridine rings is 1. The van der Waals surface area contributed by atoms with Gasteiger partial charge in [-0.2, -0.15) is 0 Å². The molecular weight excluding hydrogens is 172 g/mol. The van der Waals surface area contributed by atoms with E-state index in [1.165, 1.54) is 11.1 Å². The molecule has 0 saturated carbocycles. The van der Waals surface area contributed by atoms with Crippen molar-refractivity contribution in [2.45, 2.75) is 34.2 Å². The lowest BCUT2D eigenvalue weighted by atomic mass is 10.2. The lowest BCUT2D eigenvalue weighted by Gasteiger charge is -2.13. The van der Waals surface area contributed by atoms with Crippen molar-refractivity contribution in [1.82, 2.24) is 9.88 Å². The highest BCUT2D eigenvalue weighted by Crippen LogP contribution is 2.03. The Kier molecular flexibility index (Phi) is 7.03. The van der Waals surface area contributed by atoms with Gasteiger partial charge >= 0.3 is 0 Å². The summed E-state index contributed by atoms with van der Waals surface area (Å²) in [5, 5.41) is 0. The molecule has 1 rings (SSSR count). The summed E-state index contributed by atoms with van der Waals surface area (Å²) in [7, 11) is 2.11. The van der Waals surface area contributed by atoms with Crippen molar-refractivity contribution in [1.29, 1.82) is 0 Å². The van der Waals surface area contributed by atoms with E-state index in [-0.39, 0.29) is 0 Å². The summed E-state index contributed by atoms with van der Waals surface area (Å²) in [5.74, 6) is 0. The van der Waals surface area contributed by atoms with Crippen molar-refractivity contribution in [3.63, 3.8) is 0 Å². The first-order valence-corrected chi connectivity index (χ1v) is 5.31. The van der Waals surface area contributed by atoms with E-state index < -0.39 is 0 Å². The molecule has 14 heavy (non-hydrogen) atoms. The third kappa shape index (κ3) is 4.97. The fourth-order valence-electron chi connectivity index (χ4n) is 1.13. The minimum absolute atomic E-state index is 0.991. The Balaban J connectivity index is 0.000000791. The highest BCUT2D eigenvalue weighted by atomic mass is 15.1. The van der Waals surface area contributed by atoms with E-state index in [9.17, 15) is 0 Å². The molecule has 1 aromatic rings. The van der Waals surface area contributed by atoms with Crippen molar-refractivity contribution in [3.8, 4) is 0 Å². The molecule has 0 amide bonds. The summed E-state index contributed by atoms with van der Waals surface area (Å²) in [6.07, 6.45) is 3.81. The number of hydrogen-bond acceptors (Lipinski definition) is 2. The lowest BCUT2D eigenvalue weighted by molar-refractivity contribution is 0.345. The normalized spacial score (nSPS) is 9.57. The number of nitrogens with zero attached hydrogens (tertiary/aromatic N) is 2. The van der Waals surface area contributed by atoms with Crippen molar-refractivity contribution < 1.29 is 0 Å². The molecule has 0 unspecified atom stereocenters. The van der Waals surface area contributed by atoms with Crippen LogP contribution in [0.25, 0.3) is 0 Å². The molecular formula is C12H22N2. The van der Waals surface area contributed by atoms with Crippen LogP contribution in [0.4, 0.5) is 0 Å². The molecule has 0 N–H and O–H groups in total. The van der Waals surface area contributed by atoms with Gasteiger partial charge in [-0.25, -0.2) is 0 Å². The second-order valence-corrected chi connectivity index (χ2v) is 3.20. The zero-order valence-corrected chi connectivity index (χ0v) is 10.0. The molecule has 1 aromatic heterocycles. The van der Waals surface area contributed by atoms with Crippen LogP contribution in [0.5, 0.6) is 0 Å². The molecule has 0 saturated heterocycles. The molecule has 2 nitrogen and oxygen atoms in total. The van der Waals surface area contributed by atoms with Crippen LogP contribution >= 0.6 is 0 Å². The zero-order valence-electron chi connectivity index (χ0n) is 10.0. The molecule has 0 aliphatic heterocycles. The Morgan fingerprint density at radius 1 is 1.29 bits per heavy atom. The van der Waals surface area contributed by atoms with E-state index in [0.29, 0.717) is 0 Å². The average Bonchev–Trinajstić information content (AvgIpc) is 2.21. The standard InChI is InChI=1S/C10H16N2.C2H6/c1-4-12(3)8-10-5-9(2)6-11-7-10;1-2/h5-7H,4,8H2,1-3H3;1-2H3. The van der Waals surface area contributed by atoms with E-state index in [0.717, 1.165) is 13.1 Å². The lowest BCUT2D eigenvalue weighted by Crippen LogP contribution is -2.16. The quantitative estimate of drug-likeness (QED) is 0.735. The summed E-state index contributed by atoms with van der Waals surface area (Å²) < 4.78 is 0. The predicted octanol–water partition coefficient (Wildman–Crippen LogP) is 2.87. The Morgan fingerprint density at radius 3 is 2.43 bits per heavy atom. The van der Waals surface area contributed by atoms with Crippen molar-refractivity contribution >= 4 is 0 Å². The molecule has 80 valence electrons. The highest BCUT2D eigenvalue weighted by Gasteiger charge is 1.97. The van der Waals surface area contributed by atoms with E-state index in [1.54, 1.807) is 0 Å². The van der Waals surface area contributed by atoms with Crippen LogP contribution in [0, 0.1) is 6.92 Å². The van der Waals surface area contributed by atoms with Crippen LogP contribution in [0.1, 0.15) is 31.9 Å². The number of hydrogen-bond donors (Lipinski definition) is 0.